The number of carbonyl (C=O) groups excluding carboxylic acids is 1. The van der Waals surface area contributed by atoms with Crippen molar-refractivity contribution < 1.29 is 17.9 Å². The van der Waals surface area contributed by atoms with Gasteiger partial charge in [-0.15, -0.1) is 0 Å². The van der Waals surface area contributed by atoms with Crippen LogP contribution in [0, 0.1) is 0 Å². The fraction of sp³-hybridized carbons (Fsp3) is 0.462. The van der Waals surface area contributed by atoms with E-state index in [1.54, 1.807) is 31.4 Å². The van der Waals surface area contributed by atoms with Crippen LogP contribution in [0.3, 0.4) is 0 Å². The van der Waals surface area contributed by atoms with Crippen LogP contribution >= 0.6 is 0 Å². The smallest absolute Gasteiger partial charge is 0.251 e. The molecule has 1 aliphatic rings. The molecule has 0 aromatic heterocycles. The molecule has 1 amide bonds. The summed E-state index contributed by atoms with van der Waals surface area (Å²) in [6.45, 7) is 1.32. The van der Waals surface area contributed by atoms with Gasteiger partial charge in [-0.05, 0) is 24.6 Å². The molecule has 1 heterocycles. The molecule has 1 saturated heterocycles. The number of hydrogen-bond acceptors (Lipinski definition) is 4. The molecule has 0 aliphatic carbocycles. The highest BCUT2D eigenvalue weighted by Crippen LogP contribution is 2.24. The molecule has 1 aliphatic heterocycles. The first kappa shape index (κ1) is 14.8. The Morgan fingerprint density at radius 3 is 2.90 bits per heavy atom. The van der Waals surface area contributed by atoms with E-state index < -0.39 is 10.0 Å². The van der Waals surface area contributed by atoms with Crippen molar-refractivity contribution >= 4 is 21.6 Å². The molecule has 1 aromatic rings. The van der Waals surface area contributed by atoms with E-state index in [9.17, 15) is 13.2 Å². The summed E-state index contributed by atoms with van der Waals surface area (Å²) in [6, 6.07) is 6.66. The van der Waals surface area contributed by atoms with Crippen LogP contribution in [0.4, 0.5) is 5.69 Å². The number of amides is 1. The van der Waals surface area contributed by atoms with Crippen molar-refractivity contribution in [2.45, 2.75) is 6.42 Å². The Bertz CT molecular complexity index is 586. The minimum atomic E-state index is -3.22. The van der Waals surface area contributed by atoms with Gasteiger partial charge in [0.05, 0.1) is 18.0 Å². The maximum Gasteiger partial charge on any atom is 0.251 e. The van der Waals surface area contributed by atoms with Gasteiger partial charge in [0.1, 0.15) is 0 Å². The highest BCUT2D eigenvalue weighted by Gasteiger charge is 2.28. The molecule has 110 valence electrons. The van der Waals surface area contributed by atoms with Crippen molar-refractivity contribution in [1.82, 2.24) is 5.32 Å². The van der Waals surface area contributed by atoms with Crippen LogP contribution in [-0.4, -0.2) is 46.9 Å². The van der Waals surface area contributed by atoms with Crippen molar-refractivity contribution in [3.8, 4) is 0 Å². The van der Waals surface area contributed by atoms with E-state index in [4.69, 9.17) is 4.74 Å². The summed E-state index contributed by atoms with van der Waals surface area (Å²) in [5, 5.41) is 2.71. The van der Waals surface area contributed by atoms with Crippen LogP contribution in [0.1, 0.15) is 16.8 Å². The van der Waals surface area contributed by atoms with Crippen LogP contribution in [-0.2, 0) is 14.8 Å². The fourth-order valence-corrected chi connectivity index (χ4v) is 3.66. The first-order valence-electron chi connectivity index (χ1n) is 6.42. The van der Waals surface area contributed by atoms with E-state index in [2.05, 4.69) is 5.32 Å². The lowest BCUT2D eigenvalue weighted by atomic mass is 10.2. The summed E-state index contributed by atoms with van der Waals surface area (Å²) in [7, 11) is -1.66. The summed E-state index contributed by atoms with van der Waals surface area (Å²) in [5.74, 6) is -0.0717. The van der Waals surface area contributed by atoms with Gasteiger partial charge >= 0.3 is 0 Å². The standard InChI is InChI=1S/C13H18N2O4S/c1-19-8-6-14-13(16)11-4-2-5-12(10-11)15-7-3-9-20(15,17)18/h2,4-5,10H,3,6-9H2,1H3,(H,14,16). The summed E-state index contributed by atoms with van der Waals surface area (Å²) >= 11 is 0. The summed E-state index contributed by atoms with van der Waals surface area (Å²) in [4.78, 5) is 11.9. The zero-order valence-electron chi connectivity index (χ0n) is 11.3. The number of nitrogens with zero attached hydrogens (tertiary/aromatic N) is 1. The zero-order valence-corrected chi connectivity index (χ0v) is 12.1. The van der Waals surface area contributed by atoms with Crippen molar-refractivity contribution in [2.75, 3.05) is 36.9 Å². The Hall–Kier alpha value is -1.60. The lowest BCUT2D eigenvalue weighted by molar-refractivity contribution is 0.0937. The molecule has 2 rings (SSSR count). The van der Waals surface area contributed by atoms with Crippen molar-refractivity contribution in [3.05, 3.63) is 29.8 Å². The van der Waals surface area contributed by atoms with Crippen molar-refractivity contribution in [2.24, 2.45) is 0 Å². The van der Waals surface area contributed by atoms with Crippen molar-refractivity contribution in [3.63, 3.8) is 0 Å². The molecule has 0 radical (unpaired) electrons. The van der Waals surface area contributed by atoms with E-state index in [1.807, 2.05) is 0 Å². The van der Waals surface area contributed by atoms with Gasteiger partial charge in [0.25, 0.3) is 5.91 Å². The van der Waals surface area contributed by atoms with E-state index in [-0.39, 0.29) is 11.7 Å². The third kappa shape index (κ3) is 3.29. The van der Waals surface area contributed by atoms with Gasteiger partial charge in [-0.3, -0.25) is 9.10 Å². The predicted molar refractivity (Wildman–Crippen MR) is 76.4 cm³/mol. The Morgan fingerprint density at radius 1 is 1.45 bits per heavy atom. The molecular weight excluding hydrogens is 280 g/mol. The minimum absolute atomic E-state index is 0.164. The molecule has 7 heteroatoms. The molecule has 0 atom stereocenters. The number of rotatable bonds is 5. The predicted octanol–water partition coefficient (Wildman–Crippen LogP) is 0.603. The number of carbonyl (C=O) groups is 1. The van der Waals surface area contributed by atoms with Gasteiger partial charge < -0.3 is 10.1 Å². The Morgan fingerprint density at radius 2 is 2.25 bits per heavy atom. The number of benzene rings is 1. The molecule has 20 heavy (non-hydrogen) atoms. The highest BCUT2D eigenvalue weighted by molar-refractivity contribution is 7.93. The minimum Gasteiger partial charge on any atom is -0.383 e. The van der Waals surface area contributed by atoms with Gasteiger partial charge in [0, 0.05) is 25.8 Å². The molecule has 0 unspecified atom stereocenters. The fourth-order valence-electron chi connectivity index (χ4n) is 2.10. The normalized spacial score (nSPS) is 17.1. The van der Waals surface area contributed by atoms with Gasteiger partial charge in [-0.1, -0.05) is 6.07 Å². The van der Waals surface area contributed by atoms with Gasteiger partial charge in [0.15, 0.2) is 0 Å². The van der Waals surface area contributed by atoms with Gasteiger partial charge in [0.2, 0.25) is 10.0 Å². The molecule has 0 spiro atoms. The summed E-state index contributed by atoms with van der Waals surface area (Å²) in [6.07, 6.45) is 0.618. The summed E-state index contributed by atoms with van der Waals surface area (Å²) in [5.41, 5.74) is 0.989. The van der Waals surface area contributed by atoms with E-state index in [0.29, 0.717) is 37.4 Å². The van der Waals surface area contributed by atoms with Crippen LogP contribution in [0.2, 0.25) is 0 Å². The van der Waals surface area contributed by atoms with Gasteiger partial charge in [-0.25, -0.2) is 8.42 Å². The number of ether oxygens (including phenoxy) is 1. The average Bonchev–Trinajstić information content (AvgIpc) is 2.78. The zero-order chi connectivity index (χ0) is 14.6. The van der Waals surface area contributed by atoms with Crippen LogP contribution in [0.5, 0.6) is 0 Å². The SMILES string of the molecule is COCCNC(=O)c1cccc(N2CCCS2(=O)=O)c1. The number of hydrogen-bond donors (Lipinski definition) is 1. The molecular formula is C13H18N2O4S. The maximum absolute atomic E-state index is 11.9. The lowest BCUT2D eigenvalue weighted by Gasteiger charge is -2.17. The Balaban J connectivity index is 2.14. The second-order valence-electron chi connectivity index (χ2n) is 4.54. The van der Waals surface area contributed by atoms with Crippen molar-refractivity contribution in [1.29, 1.82) is 0 Å². The van der Waals surface area contributed by atoms with E-state index >= 15 is 0 Å². The Kier molecular flexibility index (Phi) is 4.61. The first-order chi connectivity index (χ1) is 9.54. The third-order valence-corrected chi connectivity index (χ3v) is 4.96. The molecule has 6 nitrogen and oxygen atoms in total. The molecule has 1 aromatic carbocycles. The molecule has 0 saturated carbocycles. The molecule has 1 N–H and O–H groups in total. The lowest BCUT2D eigenvalue weighted by Crippen LogP contribution is -2.28. The summed E-state index contributed by atoms with van der Waals surface area (Å²) < 4.78 is 29.9. The average molecular weight is 298 g/mol. The topological polar surface area (TPSA) is 75.7 Å². The number of methoxy groups -OCH3 is 1. The van der Waals surface area contributed by atoms with E-state index in [0.717, 1.165) is 0 Å². The van der Waals surface area contributed by atoms with Gasteiger partial charge in [-0.2, -0.15) is 0 Å². The Labute approximate surface area is 118 Å². The monoisotopic (exact) mass is 298 g/mol. The van der Waals surface area contributed by atoms with E-state index in [1.165, 1.54) is 4.31 Å². The van der Waals surface area contributed by atoms with Crippen LogP contribution in [0.15, 0.2) is 24.3 Å². The third-order valence-electron chi connectivity index (χ3n) is 3.09. The second-order valence-corrected chi connectivity index (χ2v) is 6.55. The largest absolute Gasteiger partial charge is 0.383 e. The highest BCUT2D eigenvalue weighted by atomic mass is 32.2. The van der Waals surface area contributed by atoms with Crippen LogP contribution < -0.4 is 9.62 Å². The number of anilines is 1. The molecule has 0 bridgehead atoms. The quantitative estimate of drug-likeness (QED) is 0.808. The van der Waals surface area contributed by atoms with Crippen LogP contribution in [0.25, 0.3) is 0 Å². The second kappa shape index (κ2) is 6.23. The number of nitrogens with one attached hydrogen (secondary N) is 1. The molecule has 1 fully saturated rings. The first-order valence-corrected chi connectivity index (χ1v) is 8.03. The maximum atomic E-state index is 11.9. The number of sulfonamides is 1.